The number of ether oxygens (including phenoxy) is 2. The number of benzene rings is 2. The third kappa shape index (κ3) is 2.30. The van der Waals surface area contributed by atoms with Crippen molar-refractivity contribution in [1.29, 1.82) is 0 Å². The van der Waals surface area contributed by atoms with Crippen LogP contribution in [0.4, 0.5) is 4.39 Å². The molecule has 6 heteroatoms. The number of hydrogen-bond acceptors (Lipinski definition) is 4. The van der Waals surface area contributed by atoms with E-state index in [1.54, 1.807) is 18.5 Å². The van der Waals surface area contributed by atoms with Gasteiger partial charge >= 0.3 is 0 Å². The van der Waals surface area contributed by atoms with Crippen LogP contribution in [0.1, 0.15) is 24.6 Å². The summed E-state index contributed by atoms with van der Waals surface area (Å²) in [6.07, 6.45) is 5.49. The van der Waals surface area contributed by atoms with Crippen LogP contribution in [0, 0.1) is 5.82 Å². The average Bonchev–Trinajstić information content (AvgIpc) is 3.33. The summed E-state index contributed by atoms with van der Waals surface area (Å²) in [4.78, 5) is 8.81. The average molecular weight is 373 g/mol. The molecule has 2 aromatic heterocycles. The van der Waals surface area contributed by atoms with E-state index in [4.69, 9.17) is 14.5 Å². The predicted octanol–water partition coefficient (Wildman–Crippen LogP) is 4.83. The van der Waals surface area contributed by atoms with Gasteiger partial charge in [0.15, 0.2) is 17.3 Å². The Labute approximate surface area is 160 Å². The van der Waals surface area contributed by atoms with Gasteiger partial charge in [0.05, 0.1) is 11.2 Å². The third-order valence-electron chi connectivity index (χ3n) is 5.33. The number of imidazole rings is 1. The molecule has 0 atom stereocenters. The van der Waals surface area contributed by atoms with Crippen LogP contribution < -0.4 is 9.47 Å². The van der Waals surface area contributed by atoms with Crippen LogP contribution in [0.3, 0.4) is 0 Å². The fourth-order valence-electron chi connectivity index (χ4n) is 3.80. The number of hydrogen-bond donors (Lipinski definition) is 0. The third-order valence-corrected chi connectivity index (χ3v) is 5.33. The molecule has 0 radical (unpaired) electrons. The molecule has 2 aromatic carbocycles. The van der Waals surface area contributed by atoms with E-state index in [-0.39, 0.29) is 12.6 Å². The fraction of sp³-hybridized carbons (Fsp3) is 0.182. The standard InChI is InChI=1S/C22H16FN3O2/c23-20-16(13-7-9-24-10-8-13)4-5-17-21(20)26(22(25-17)14-1-2-14)15-3-6-18-19(11-15)28-12-27-18/h3-11,14H,1-2,12H2. The molecule has 3 heterocycles. The molecule has 1 fully saturated rings. The topological polar surface area (TPSA) is 49.2 Å². The maximum Gasteiger partial charge on any atom is 0.231 e. The number of halogens is 1. The van der Waals surface area contributed by atoms with Gasteiger partial charge in [-0.05, 0) is 54.8 Å². The Morgan fingerprint density at radius 2 is 1.79 bits per heavy atom. The van der Waals surface area contributed by atoms with E-state index in [9.17, 15) is 0 Å². The number of nitrogens with zero attached hydrogens (tertiary/aromatic N) is 3. The highest BCUT2D eigenvalue weighted by atomic mass is 19.1. The maximum absolute atomic E-state index is 15.7. The van der Waals surface area contributed by atoms with Gasteiger partial charge < -0.3 is 9.47 Å². The van der Waals surface area contributed by atoms with Crippen molar-refractivity contribution in [3.8, 4) is 28.3 Å². The van der Waals surface area contributed by atoms with Crippen LogP contribution in [0.5, 0.6) is 11.5 Å². The normalized spacial score (nSPS) is 15.3. The SMILES string of the molecule is Fc1c(-c2ccncc2)ccc2nc(C3CC3)n(-c3ccc4c(c3)OCO4)c12. The molecule has 6 rings (SSSR count). The van der Waals surface area contributed by atoms with Gasteiger partial charge in [-0.15, -0.1) is 0 Å². The van der Waals surface area contributed by atoms with Gasteiger partial charge in [0.25, 0.3) is 0 Å². The van der Waals surface area contributed by atoms with Gasteiger partial charge in [0.2, 0.25) is 6.79 Å². The summed E-state index contributed by atoms with van der Waals surface area (Å²) in [5.41, 5.74) is 3.32. The number of fused-ring (bicyclic) bond motifs is 2. The monoisotopic (exact) mass is 373 g/mol. The Kier molecular flexibility index (Phi) is 3.23. The maximum atomic E-state index is 15.7. The van der Waals surface area contributed by atoms with E-state index in [2.05, 4.69) is 4.98 Å². The van der Waals surface area contributed by atoms with Crippen molar-refractivity contribution in [3.63, 3.8) is 0 Å². The highest BCUT2D eigenvalue weighted by Gasteiger charge is 2.32. The summed E-state index contributed by atoms with van der Waals surface area (Å²) >= 11 is 0. The summed E-state index contributed by atoms with van der Waals surface area (Å²) in [5, 5.41) is 0. The summed E-state index contributed by atoms with van der Waals surface area (Å²) < 4.78 is 28.6. The van der Waals surface area contributed by atoms with E-state index in [0.29, 0.717) is 34.0 Å². The minimum absolute atomic E-state index is 0.208. The Bertz CT molecular complexity index is 1220. The van der Waals surface area contributed by atoms with Gasteiger partial charge in [-0.2, -0.15) is 0 Å². The molecular weight excluding hydrogens is 357 g/mol. The van der Waals surface area contributed by atoms with E-state index in [1.807, 2.05) is 41.0 Å². The number of rotatable bonds is 3. The molecule has 0 bridgehead atoms. The fourth-order valence-corrected chi connectivity index (χ4v) is 3.80. The lowest BCUT2D eigenvalue weighted by molar-refractivity contribution is 0.174. The van der Waals surface area contributed by atoms with Crippen LogP contribution in [0.25, 0.3) is 27.8 Å². The number of aromatic nitrogens is 3. The van der Waals surface area contributed by atoms with Gasteiger partial charge in [-0.25, -0.2) is 9.37 Å². The van der Waals surface area contributed by atoms with Crippen molar-refractivity contribution in [2.24, 2.45) is 0 Å². The zero-order valence-corrected chi connectivity index (χ0v) is 14.9. The molecule has 0 saturated heterocycles. The summed E-state index contributed by atoms with van der Waals surface area (Å²) in [5.74, 6) is 2.37. The van der Waals surface area contributed by atoms with E-state index >= 15 is 4.39 Å². The molecule has 0 spiro atoms. The molecule has 0 amide bonds. The van der Waals surface area contributed by atoms with Crippen LogP contribution in [-0.4, -0.2) is 21.3 Å². The molecule has 0 N–H and O–H groups in total. The van der Waals surface area contributed by atoms with Crippen molar-refractivity contribution in [2.45, 2.75) is 18.8 Å². The van der Waals surface area contributed by atoms with Gasteiger partial charge in [-0.1, -0.05) is 0 Å². The summed E-state index contributed by atoms with van der Waals surface area (Å²) in [6.45, 7) is 0.208. The first-order valence-electron chi connectivity index (χ1n) is 9.31. The molecule has 4 aromatic rings. The summed E-state index contributed by atoms with van der Waals surface area (Å²) in [6, 6.07) is 13.0. The molecule has 28 heavy (non-hydrogen) atoms. The Morgan fingerprint density at radius 1 is 0.964 bits per heavy atom. The van der Waals surface area contributed by atoms with Gasteiger partial charge in [-0.3, -0.25) is 9.55 Å². The molecule has 2 aliphatic rings. The van der Waals surface area contributed by atoms with E-state index < -0.39 is 0 Å². The molecule has 1 aliphatic carbocycles. The molecule has 5 nitrogen and oxygen atoms in total. The van der Waals surface area contributed by atoms with Gasteiger partial charge in [0, 0.05) is 29.9 Å². The van der Waals surface area contributed by atoms with Crippen LogP contribution in [0.15, 0.2) is 54.9 Å². The zero-order valence-electron chi connectivity index (χ0n) is 14.9. The van der Waals surface area contributed by atoms with Crippen LogP contribution in [0.2, 0.25) is 0 Å². The predicted molar refractivity (Wildman–Crippen MR) is 102 cm³/mol. The van der Waals surface area contributed by atoms with Crippen molar-refractivity contribution < 1.29 is 13.9 Å². The Morgan fingerprint density at radius 3 is 2.61 bits per heavy atom. The van der Waals surface area contributed by atoms with Crippen LogP contribution in [-0.2, 0) is 0 Å². The highest BCUT2D eigenvalue weighted by Crippen LogP contribution is 2.44. The first-order valence-corrected chi connectivity index (χ1v) is 9.31. The first kappa shape index (κ1) is 15.6. The molecule has 1 aliphatic heterocycles. The highest BCUT2D eigenvalue weighted by molar-refractivity contribution is 5.85. The van der Waals surface area contributed by atoms with E-state index in [0.717, 1.165) is 29.9 Å². The second-order valence-corrected chi connectivity index (χ2v) is 7.15. The second kappa shape index (κ2) is 5.79. The van der Waals surface area contributed by atoms with Crippen molar-refractivity contribution in [3.05, 3.63) is 66.5 Å². The Hall–Kier alpha value is -3.41. The molecule has 0 unspecified atom stereocenters. The first-order chi connectivity index (χ1) is 13.8. The molecular formula is C22H16FN3O2. The second-order valence-electron chi connectivity index (χ2n) is 7.15. The largest absolute Gasteiger partial charge is 0.454 e. The molecule has 1 saturated carbocycles. The quantitative estimate of drug-likeness (QED) is 0.516. The smallest absolute Gasteiger partial charge is 0.231 e. The minimum atomic E-state index is -0.277. The Balaban J connectivity index is 1.63. The van der Waals surface area contributed by atoms with Crippen LogP contribution >= 0.6 is 0 Å². The van der Waals surface area contributed by atoms with Crippen molar-refractivity contribution in [1.82, 2.24) is 14.5 Å². The minimum Gasteiger partial charge on any atom is -0.454 e. The lowest BCUT2D eigenvalue weighted by atomic mass is 10.1. The lowest BCUT2D eigenvalue weighted by Crippen LogP contribution is -2.02. The number of pyridine rings is 1. The summed E-state index contributed by atoms with van der Waals surface area (Å²) in [7, 11) is 0. The zero-order chi connectivity index (χ0) is 18.7. The van der Waals surface area contributed by atoms with Crippen molar-refractivity contribution in [2.75, 3.05) is 6.79 Å². The van der Waals surface area contributed by atoms with Crippen molar-refractivity contribution >= 4 is 11.0 Å². The van der Waals surface area contributed by atoms with E-state index in [1.165, 1.54) is 0 Å². The van der Waals surface area contributed by atoms with Gasteiger partial charge in [0.1, 0.15) is 11.3 Å². The molecule has 138 valence electrons. The lowest BCUT2D eigenvalue weighted by Gasteiger charge is -2.11.